The molecule has 2 saturated heterocycles. The van der Waals surface area contributed by atoms with Gasteiger partial charge in [-0.3, -0.25) is 4.79 Å². The second kappa shape index (κ2) is 8.68. The van der Waals surface area contributed by atoms with Gasteiger partial charge in [-0.15, -0.1) is 0 Å². The van der Waals surface area contributed by atoms with Crippen molar-refractivity contribution >= 4 is 5.91 Å². The Morgan fingerprint density at radius 2 is 2.00 bits per heavy atom. The Hall–Kier alpha value is -0.610. The molecule has 0 aromatic rings. The van der Waals surface area contributed by atoms with Gasteiger partial charge in [0.1, 0.15) is 6.61 Å². The highest BCUT2D eigenvalue weighted by Crippen LogP contribution is 2.19. The molecular weight excluding hydrogens is 194 g/mol. The summed E-state index contributed by atoms with van der Waals surface area (Å²) in [5.74, 6) is 0.181. The van der Waals surface area contributed by atoms with E-state index in [1.54, 1.807) is 0 Å². The molecule has 0 saturated carbocycles. The SMILES string of the molecule is CC.CO.O=C1COCC2CCCCN12. The van der Waals surface area contributed by atoms with Gasteiger partial charge in [-0.2, -0.15) is 0 Å². The monoisotopic (exact) mass is 217 g/mol. The highest BCUT2D eigenvalue weighted by molar-refractivity contribution is 5.78. The first kappa shape index (κ1) is 14.4. The quantitative estimate of drug-likeness (QED) is 0.659. The van der Waals surface area contributed by atoms with Crippen molar-refractivity contribution in [1.82, 2.24) is 4.90 Å². The lowest BCUT2D eigenvalue weighted by molar-refractivity contribution is -0.150. The van der Waals surface area contributed by atoms with Gasteiger partial charge in [0.2, 0.25) is 5.91 Å². The predicted octanol–water partition coefficient (Wildman–Crippen LogP) is 1.03. The third kappa shape index (κ3) is 4.18. The van der Waals surface area contributed by atoms with Crippen molar-refractivity contribution in [2.75, 3.05) is 26.9 Å². The standard InChI is InChI=1S/C8H13NO2.C2H6.CH4O/c10-8-6-11-5-7-3-1-2-4-9(7)8;2*1-2/h7H,1-6H2;1-2H3;2H,1H3. The van der Waals surface area contributed by atoms with Crippen LogP contribution in [0.2, 0.25) is 0 Å². The molecule has 0 aliphatic carbocycles. The van der Waals surface area contributed by atoms with Crippen molar-refractivity contribution in [2.24, 2.45) is 0 Å². The van der Waals surface area contributed by atoms with Gasteiger partial charge in [-0.05, 0) is 19.3 Å². The highest BCUT2D eigenvalue weighted by atomic mass is 16.5. The molecule has 4 nitrogen and oxygen atoms in total. The van der Waals surface area contributed by atoms with E-state index in [4.69, 9.17) is 9.84 Å². The largest absolute Gasteiger partial charge is 0.400 e. The van der Waals surface area contributed by atoms with Crippen LogP contribution in [-0.2, 0) is 9.53 Å². The fourth-order valence-electron chi connectivity index (χ4n) is 1.87. The van der Waals surface area contributed by atoms with E-state index in [2.05, 4.69) is 0 Å². The number of carbonyl (C=O) groups excluding carboxylic acids is 1. The molecule has 90 valence electrons. The Morgan fingerprint density at radius 1 is 1.33 bits per heavy atom. The van der Waals surface area contributed by atoms with E-state index in [1.165, 1.54) is 12.8 Å². The molecule has 0 bridgehead atoms. The van der Waals surface area contributed by atoms with E-state index < -0.39 is 0 Å². The number of hydrogen-bond acceptors (Lipinski definition) is 3. The van der Waals surface area contributed by atoms with Crippen molar-refractivity contribution < 1.29 is 14.6 Å². The minimum Gasteiger partial charge on any atom is -0.400 e. The number of rotatable bonds is 0. The number of morpholine rings is 1. The van der Waals surface area contributed by atoms with Crippen molar-refractivity contribution in [3.8, 4) is 0 Å². The molecule has 2 aliphatic rings. The van der Waals surface area contributed by atoms with Crippen molar-refractivity contribution in [2.45, 2.75) is 39.2 Å². The van der Waals surface area contributed by atoms with Crippen LogP contribution in [0.1, 0.15) is 33.1 Å². The van der Waals surface area contributed by atoms with Gasteiger partial charge in [-0.25, -0.2) is 0 Å². The average Bonchev–Trinajstić information content (AvgIpc) is 2.35. The van der Waals surface area contributed by atoms with Gasteiger partial charge >= 0.3 is 0 Å². The Balaban J connectivity index is 0.000000442. The number of nitrogens with zero attached hydrogens (tertiary/aromatic N) is 1. The first-order chi connectivity index (χ1) is 7.38. The maximum absolute atomic E-state index is 11.2. The smallest absolute Gasteiger partial charge is 0.248 e. The van der Waals surface area contributed by atoms with E-state index in [0.717, 1.165) is 26.7 Å². The zero-order valence-corrected chi connectivity index (χ0v) is 10.0. The van der Waals surface area contributed by atoms with Gasteiger partial charge in [0.25, 0.3) is 0 Å². The second-order valence-corrected chi connectivity index (χ2v) is 3.25. The summed E-state index contributed by atoms with van der Waals surface area (Å²) in [7, 11) is 1.00. The molecule has 0 aromatic carbocycles. The molecule has 0 aromatic heterocycles. The topological polar surface area (TPSA) is 49.8 Å². The molecule has 2 aliphatic heterocycles. The van der Waals surface area contributed by atoms with Gasteiger partial charge < -0.3 is 14.7 Å². The van der Waals surface area contributed by atoms with Gasteiger partial charge in [0.15, 0.2) is 0 Å². The molecular formula is C11H23NO3. The molecule has 1 atom stereocenters. The molecule has 1 unspecified atom stereocenters. The summed E-state index contributed by atoms with van der Waals surface area (Å²) < 4.78 is 5.16. The zero-order chi connectivity index (χ0) is 11.7. The minimum atomic E-state index is 0.181. The van der Waals surface area contributed by atoms with Crippen LogP contribution in [0.5, 0.6) is 0 Å². The molecule has 2 fully saturated rings. The van der Waals surface area contributed by atoms with E-state index in [-0.39, 0.29) is 5.91 Å². The summed E-state index contributed by atoms with van der Waals surface area (Å²) in [4.78, 5) is 13.2. The fraction of sp³-hybridized carbons (Fsp3) is 0.909. The second-order valence-electron chi connectivity index (χ2n) is 3.25. The summed E-state index contributed by atoms with van der Waals surface area (Å²) in [5.41, 5.74) is 0. The van der Waals surface area contributed by atoms with Crippen molar-refractivity contribution in [3.05, 3.63) is 0 Å². The van der Waals surface area contributed by atoms with Crippen LogP contribution >= 0.6 is 0 Å². The Bertz CT molecular complexity index is 171. The zero-order valence-electron chi connectivity index (χ0n) is 10.0. The third-order valence-electron chi connectivity index (χ3n) is 2.48. The summed E-state index contributed by atoms with van der Waals surface area (Å²) in [5, 5.41) is 7.00. The number of piperidine rings is 1. The van der Waals surface area contributed by atoms with Crippen LogP contribution in [0.3, 0.4) is 0 Å². The predicted molar refractivity (Wildman–Crippen MR) is 59.7 cm³/mol. The number of aliphatic hydroxyl groups is 1. The van der Waals surface area contributed by atoms with Crippen LogP contribution < -0.4 is 0 Å². The summed E-state index contributed by atoms with van der Waals surface area (Å²) in [6, 6.07) is 0.394. The van der Waals surface area contributed by atoms with E-state index in [1.807, 2.05) is 18.7 Å². The van der Waals surface area contributed by atoms with Crippen molar-refractivity contribution in [3.63, 3.8) is 0 Å². The number of carbonyl (C=O) groups is 1. The van der Waals surface area contributed by atoms with E-state index >= 15 is 0 Å². The summed E-state index contributed by atoms with van der Waals surface area (Å²) >= 11 is 0. The number of ether oxygens (including phenoxy) is 1. The third-order valence-corrected chi connectivity index (χ3v) is 2.48. The Morgan fingerprint density at radius 3 is 2.60 bits per heavy atom. The lowest BCUT2D eigenvalue weighted by Crippen LogP contribution is -2.51. The summed E-state index contributed by atoms with van der Waals surface area (Å²) in [6.45, 7) is 6.01. The molecule has 0 spiro atoms. The number of aliphatic hydroxyl groups excluding tert-OH is 1. The first-order valence-electron chi connectivity index (χ1n) is 5.70. The lowest BCUT2D eigenvalue weighted by Gasteiger charge is -2.38. The van der Waals surface area contributed by atoms with Crippen LogP contribution in [0, 0.1) is 0 Å². The fourth-order valence-corrected chi connectivity index (χ4v) is 1.87. The summed E-state index contributed by atoms with van der Waals surface area (Å²) in [6.07, 6.45) is 3.55. The van der Waals surface area contributed by atoms with Gasteiger partial charge in [0, 0.05) is 13.7 Å². The van der Waals surface area contributed by atoms with Crippen molar-refractivity contribution in [1.29, 1.82) is 0 Å². The van der Waals surface area contributed by atoms with E-state index in [0.29, 0.717) is 12.6 Å². The Kier molecular flexibility index (Phi) is 8.33. The first-order valence-corrected chi connectivity index (χ1v) is 5.70. The van der Waals surface area contributed by atoms with Crippen LogP contribution in [0.15, 0.2) is 0 Å². The van der Waals surface area contributed by atoms with E-state index in [9.17, 15) is 4.79 Å². The molecule has 1 N–H and O–H groups in total. The number of fused-ring (bicyclic) bond motifs is 1. The Labute approximate surface area is 92.2 Å². The number of hydrogen-bond donors (Lipinski definition) is 1. The van der Waals surface area contributed by atoms with Gasteiger partial charge in [-0.1, -0.05) is 13.8 Å². The van der Waals surface area contributed by atoms with Crippen LogP contribution in [0.4, 0.5) is 0 Å². The maximum Gasteiger partial charge on any atom is 0.248 e. The molecule has 2 rings (SSSR count). The van der Waals surface area contributed by atoms with Crippen LogP contribution in [0.25, 0.3) is 0 Å². The van der Waals surface area contributed by atoms with Crippen LogP contribution in [-0.4, -0.2) is 48.8 Å². The molecule has 0 radical (unpaired) electrons. The maximum atomic E-state index is 11.2. The average molecular weight is 217 g/mol. The molecule has 4 heteroatoms. The highest BCUT2D eigenvalue weighted by Gasteiger charge is 2.30. The lowest BCUT2D eigenvalue weighted by atomic mass is 10.0. The number of amides is 1. The molecule has 2 heterocycles. The van der Waals surface area contributed by atoms with Gasteiger partial charge in [0.05, 0.1) is 12.6 Å². The normalized spacial score (nSPS) is 24.1. The molecule has 1 amide bonds. The molecule has 15 heavy (non-hydrogen) atoms. The minimum absolute atomic E-state index is 0.181.